The lowest BCUT2D eigenvalue weighted by Crippen LogP contribution is -2.41. The Morgan fingerprint density at radius 1 is 1.03 bits per heavy atom. The first kappa shape index (κ1) is 22.0. The summed E-state index contributed by atoms with van der Waals surface area (Å²) < 4.78 is 7.19. The molecule has 2 heterocycles. The standard InChI is InChI=1S/C26H25N5O2S/c1-3-17-9-13-20(14-10-17)27-25(32)23-22(18-11-15-21(33-2)16-12-18)30-31-24(28-29-26(31)34-23)19-7-5-4-6-8-19/h4-16,22-23,30H,3H2,1-2H3,(H,27,32)/t22-,23-/m1/s1. The van der Waals surface area contributed by atoms with E-state index < -0.39 is 5.25 Å². The quantitative estimate of drug-likeness (QED) is 0.416. The maximum atomic E-state index is 13.5. The molecule has 2 N–H and O–H groups in total. The lowest BCUT2D eigenvalue weighted by atomic mass is 10.0. The van der Waals surface area contributed by atoms with E-state index in [0.29, 0.717) is 11.0 Å². The van der Waals surface area contributed by atoms with Crippen molar-refractivity contribution in [1.82, 2.24) is 14.9 Å². The van der Waals surface area contributed by atoms with Crippen LogP contribution in [0.25, 0.3) is 11.4 Å². The number of benzene rings is 3. The summed E-state index contributed by atoms with van der Waals surface area (Å²) in [6.45, 7) is 2.11. The number of thioether (sulfide) groups is 1. The average molecular weight is 472 g/mol. The van der Waals surface area contributed by atoms with Gasteiger partial charge in [-0.1, -0.05) is 73.3 Å². The molecule has 4 aromatic rings. The Balaban J connectivity index is 1.48. The Bertz CT molecular complexity index is 1270. The normalized spacial score (nSPS) is 16.9. The number of methoxy groups -OCH3 is 1. The van der Waals surface area contributed by atoms with E-state index in [-0.39, 0.29) is 11.9 Å². The first-order valence-electron chi connectivity index (χ1n) is 11.1. The van der Waals surface area contributed by atoms with Crippen LogP contribution in [-0.4, -0.2) is 33.1 Å². The molecule has 0 unspecified atom stereocenters. The molecule has 1 aliphatic heterocycles. The molecule has 3 aromatic carbocycles. The second-order valence-corrected chi connectivity index (χ2v) is 9.07. The molecule has 0 bridgehead atoms. The van der Waals surface area contributed by atoms with Gasteiger partial charge >= 0.3 is 0 Å². The van der Waals surface area contributed by atoms with Gasteiger partial charge < -0.3 is 15.5 Å². The molecule has 0 fully saturated rings. The molecule has 0 saturated carbocycles. The molecule has 2 atom stereocenters. The first-order valence-corrected chi connectivity index (χ1v) is 12.0. The van der Waals surface area contributed by atoms with Gasteiger partial charge in [-0.25, -0.2) is 4.68 Å². The van der Waals surface area contributed by atoms with Crippen molar-refractivity contribution < 1.29 is 9.53 Å². The predicted octanol–water partition coefficient (Wildman–Crippen LogP) is 4.91. The summed E-state index contributed by atoms with van der Waals surface area (Å²) in [5.41, 5.74) is 7.41. The van der Waals surface area contributed by atoms with Gasteiger partial charge in [-0.3, -0.25) is 4.79 Å². The highest BCUT2D eigenvalue weighted by Crippen LogP contribution is 2.39. The lowest BCUT2D eigenvalue weighted by Gasteiger charge is -2.33. The summed E-state index contributed by atoms with van der Waals surface area (Å²) >= 11 is 1.40. The van der Waals surface area contributed by atoms with Crippen molar-refractivity contribution in [2.75, 3.05) is 17.9 Å². The van der Waals surface area contributed by atoms with Crippen molar-refractivity contribution >= 4 is 23.4 Å². The minimum atomic E-state index is -0.459. The molecule has 0 aliphatic carbocycles. The molecule has 172 valence electrons. The Hall–Kier alpha value is -3.78. The third-order valence-corrected chi connectivity index (χ3v) is 7.05. The van der Waals surface area contributed by atoms with Crippen LogP contribution in [0, 0.1) is 0 Å². The molecule has 7 nitrogen and oxygen atoms in total. The van der Waals surface area contributed by atoms with E-state index in [1.807, 2.05) is 83.5 Å². The molecule has 0 radical (unpaired) electrons. The van der Waals surface area contributed by atoms with Crippen molar-refractivity contribution in [1.29, 1.82) is 0 Å². The summed E-state index contributed by atoms with van der Waals surface area (Å²) in [5.74, 6) is 1.37. The smallest absolute Gasteiger partial charge is 0.240 e. The van der Waals surface area contributed by atoms with Crippen molar-refractivity contribution in [3.63, 3.8) is 0 Å². The number of aromatic nitrogens is 3. The number of hydrogen-bond acceptors (Lipinski definition) is 6. The third kappa shape index (κ3) is 4.36. The van der Waals surface area contributed by atoms with Gasteiger partial charge in [-0.05, 0) is 41.8 Å². The summed E-state index contributed by atoms with van der Waals surface area (Å²) in [6.07, 6.45) is 0.954. The van der Waals surface area contributed by atoms with Crippen LogP contribution in [0.3, 0.4) is 0 Å². The minimum absolute atomic E-state index is 0.0990. The van der Waals surface area contributed by atoms with E-state index in [1.54, 1.807) is 7.11 Å². The van der Waals surface area contributed by atoms with Crippen LogP contribution < -0.4 is 15.5 Å². The highest BCUT2D eigenvalue weighted by Gasteiger charge is 2.38. The highest BCUT2D eigenvalue weighted by atomic mass is 32.2. The number of nitrogens with one attached hydrogen (secondary N) is 2. The van der Waals surface area contributed by atoms with Gasteiger partial charge in [0.1, 0.15) is 11.0 Å². The van der Waals surface area contributed by atoms with Crippen molar-refractivity contribution in [2.45, 2.75) is 29.8 Å². The van der Waals surface area contributed by atoms with E-state index in [0.717, 1.165) is 29.0 Å². The number of anilines is 1. The number of aryl methyl sites for hydroxylation is 1. The average Bonchev–Trinajstić information content (AvgIpc) is 3.32. The van der Waals surface area contributed by atoms with Crippen LogP contribution in [0.15, 0.2) is 84.0 Å². The number of carbonyl (C=O) groups excluding carboxylic acids is 1. The SMILES string of the molecule is CCc1ccc(NC(=O)[C@@H]2Sc3nnc(-c4ccccc4)n3N[C@@H]2c2ccc(OC)cc2)cc1. The predicted molar refractivity (Wildman–Crippen MR) is 135 cm³/mol. The summed E-state index contributed by atoms with van der Waals surface area (Å²) in [5, 5.41) is 12.0. The zero-order valence-corrected chi connectivity index (χ0v) is 19.8. The molecular weight excluding hydrogens is 446 g/mol. The number of amides is 1. The summed E-state index contributed by atoms with van der Waals surface area (Å²) in [6, 6.07) is 25.3. The van der Waals surface area contributed by atoms with E-state index in [9.17, 15) is 4.79 Å². The maximum absolute atomic E-state index is 13.5. The topological polar surface area (TPSA) is 81.1 Å². The molecule has 5 rings (SSSR count). The van der Waals surface area contributed by atoms with Gasteiger partial charge in [0, 0.05) is 11.3 Å². The van der Waals surface area contributed by atoms with Crippen LogP contribution in [-0.2, 0) is 11.2 Å². The van der Waals surface area contributed by atoms with E-state index >= 15 is 0 Å². The Labute approximate surface area is 202 Å². The van der Waals surface area contributed by atoms with Crippen LogP contribution in [0.2, 0.25) is 0 Å². The van der Waals surface area contributed by atoms with Crippen molar-refractivity contribution in [3.05, 3.63) is 90.0 Å². The second kappa shape index (κ2) is 9.61. The maximum Gasteiger partial charge on any atom is 0.240 e. The summed E-state index contributed by atoms with van der Waals surface area (Å²) in [4.78, 5) is 13.5. The van der Waals surface area contributed by atoms with Gasteiger partial charge in [0.15, 0.2) is 5.82 Å². The molecule has 8 heteroatoms. The fourth-order valence-electron chi connectivity index (χ4n) is 3.93. The van der Waals surface area contributed by atoms with Gasteiger partial charge in [-0.2, -0.15) is 0 Å². The van der Waals surface area contributed by atoms with Gasteiger partial charge in [0.25, 0.3) is 0 Å². The fraction of sp³-hybridized carbons (Fsp3) is 0.192. The monoisotopic (exact) mass is 471 g/mol. The second-order valence-electron chi connectivity index (χ2n) is 7.97. The van der Waals surface area contributed by atoms with Gasteiger partial charge in [-0.15, -0.1) is 10.2 Å². The number of nitrogens with zero attached hydrogens (tertiary/aromatic N) is 3. The fourth-order valence-corrected chi connectivity index (χ4v) is 5.01. The molecule has 34 heavy (non-hydrogen) atoms. The lowest BCUT2D eigenvalue weighted by molar-refractivity contribution is -0.116. The molecular formula is C26H25N5O2S. The zero-order valence-electron chi connectivity index (χ0n) is 18.9. The zero-order chi connectivity index (χ0) is 23.5. The third-order valence-electron chi connectivity index (χ3n) is 5.83. The van der Waals surface area contributed by atoms with Gasteiger partial charge in [0.05, 0.1) is 13.2 Å². The highest BCUT2D eigenvalue weighted by molar-refractivity contribution is 8.00. The Kier molecular flexibility index (Phi) is 6.22. The van der Waals surface area contributed by atoms with Crippen molar-refractivity contribution in [2.24, 2.45) is 0 Å². The number of ether oxygens (including phenoxy) is 1. The Morgan fingerprint density at radius 3 is 2.44 bits per heavy atom. The van der Waals surface area contributed by atoms with Crippen LogP contribution in [0.1, 0.15) is 24.1 Å². The molecule has 1 aromatic heterocycles. The molecule has 0 saturated heterocycles. The van der Waals surface area contributed by atoms with Crippen molar-refractivity contribution in [3.8, 4) is 17.1 Å². The molecule has 0 spiro atoms. The van der Waals surface area contributed by atoms with E-state index in [2.05, 4.69) is 27.9 Å². The van der Waals surface area contributed by atoms with Crippen LogP contribution in [0.4, 0.5) is 5.69 Å². The van der Waals surface area contributed by atoms with Crippen LogP contribution in [0.5, 0.6) is 5.75 Å². The Morgan fingerprint density at radius 2 is 1.76 bits per heavy atom. The number of rotatable bonds is 6. The number of fused-ring (bicyclic) bond motifs is 1. The minimum Gasteiger partial charge on any atom is -0.497 e. The van der Waals surface area contributed by atoms with E-state index in [1.165, 1.54) is 17.3 Å². The number of hydrogen-bond donors (Lipinski definition) is 2. The number of carbonyl (C=O) groups is 1. The van der Waals surface area contributed by atoms with Crippen LogP contribution >= 0.6 is 11.8 Å². The molecule has 1 aliphatic rings. The largest absolute Gasteiger partial charge is 0.497 e. The van der Waals surface area contributed by atoms with Gasteiger partial charge in [0.2, 0.25) is 11.1 Å². The first-order chi connectivity index (χ1) is 16.7. The molecule has 1 amide bonds. The summed E-state index contributed by atoms with van der Waals surface area (Å²) in [7, 11) is 1.64. The van der Waals surface area contributed by atoms with E-state index in [4.69, 9.17) is 4.74 Å².